The second-order valence-corrected chi connectivity index (χ2v) is 16.0. The summed E-state index contributed by atoms with van der Waals surface area (Å²) in [4.78, 5) is 2.43. The number of aryl methyl sites for hydroxylation is 3. The van der Waals surface area contributed by atoms with Gasteiger partial charge in [0.1, 0.15) is 11.2 Å². The van der Waals surface area contributed by atoms with Crippen molar-refractivity contribution in [3.8, 4) is 11.1 Å². The zero-order chi connectivity index (χ0) is 39.8. The highest BCUT2D eigenvalue weighted by Gasteiger charge is 2.38. The highest BCUT2D eigenvalue weighted by Crippen LogP contribution is 2.54. The van der Waals surface area contributed by atoms with E-state index < -0.39 is 0 Å². The van der Waals surface area contributed by atoms with E-state index in [0.717, 1.165) is 16.9 Å². The van der Waals surface area contributed by atoms with E-state index >= 15 is 0 Å². The largest absolute Gasteiger partial charge is 0.456 e. The Balaban J connectivity index is 0.000000168. The van der Waals surface area contributed by atoms with Crippen molar-refractivity contribution >= 4 is 60.5 Å². The Labute approximate surface area is 341 Å². The van der Waals surface area contributed by atoms with Crippen molar-refractivity contribution in [2.24, 2.45) is 0 Å². The molecule has 0 aliphatic heterocycles. The molecule has 1 aliphatic carbocycles. The Morgan fingerprint density at radius 2 is 1.00 bits per heavy atom. The Hall–Kier alpha value is -6.90. The maximum Gasteiger partial charge on any atom is 0.135 e. The summed E-state index contributed by atoms with van der Waals surface area (Å²) < 4.78 is 5.71. The summed E-state index contributed by atoms with van der Waals surface area (Å²) in [6, 6.07) is 69.2. The van der Waals surface area contributed by atoms with Crippen LogP contribution in [0.3, 0.4) is 0 Å². The molecule has 282 valence electrons. The van der Waals surface area contributed by atoms with Crippen LogP contribution in [0.2, 0.25) is 0 Å². The van der Waals surface area contributed by atoms with Gasteiger partial charge in [-0.05, 0) is 108 Å². The minimum atomic E-state index is -0.0821. The molecule has 58 heavy (non-hydrogen) atoms. The highest BCUT2D eigenvalue weighted by molar-refractivity contribution is 6.10. The first-order valence-corrected chi connectivity index (χ1v) is 20.2. The molecule has 2 heteroatoms. The van der Waals surface area contributed by atoms with Crippen molar-refractivity contribution in [3.63, 3.8) is 0 Å². The SMILES string of the molecule is Cc1ccc2c(c1)C(C)(C)c1cc(N(c3ccccc3)c3ccc4ccccc4c3)c3ccccc3c1-2.Cc1ccc2oc3ccccc3c2c1.Cc1ccccc1. The number of benzene rings is 9. The molecular formula is C56H47NO. The first-order chi connectivity index (χ1) is 28.3. The molecule has 0 spiro atoms. The van der Waals surface area contributed by atoms with Gasteiger partial charge in [-0.3, -0.25) is 0 Å². The Morgan fingerprint density at radius 3 is 1.74 bits per heavy atom. The third-order valence-corrected chi connectivity index (χ3v) is 11.5. The Kier molecular flexibility index (Phi) is 9.63. The van der Waals surface area contributed by atoms with Crippen molar-refractivity contribution in [1.29, 1.82) is 0 Å². The number of furan rings is 1. The summed E-state index contributed by atoms with van der Waals surface area (Å²) in [7, 11) is 0. The monoisotopic (exact) mass is 749 g/mol. The van der Waals surface area contributed by atoms with Crippen LogP contribution in [-0.4, -0.2) is 0 Å². The Bertz CT molecular complexity index is 3060. The van der Waals surface area contributed by atoms with Gasteiger partial charge in [0.05, 0.1) is 5.69 Å². The number of para-hydroxylation sites is 2. The number of rotatable bonds is 3. The molecule has 0 atom stereocenters. The topological polar surface area (TPSA) is 16.4 Å². The summed E-state index contributed by atoms with van der Waals surface area (Å²) in [5.41, 5.74) is 14.9. The van der Waals surface area contributed by atoms with Gasteiger partial charge in [0.2, 0.25) is 0 Å². The molecule has 1 heterocycles. The van der Waals surface area contributed by atoms with E-state index in [9.17, 15) is 0 Å². The average molecular weight is 750 g/mol. The van der Waals surface area contributed by atoms with E-state index in [-0.39, 0.29) is 5.41 Å². The molecular weight excluding hydrogens is 703 g/mol. The molecule has 0 radical (unpaired) electrons. The van der Waals surface area contributed by atoms with Gasteiger partial charge in [-0.25, -0.2) is 0 Å². The second kappa shape index (κ2) is 15.2. The molecule has 0 fully saturated rings. The maximum atomic E-state index is 5.71. The summed E-state index contributed by atoms with van der Waals surface area (Å²) >= 11 is 0. The van der Waals surface area contributed by atoms with Crippen LogP contribution >= 0.6 is 0 Å². The van der Waals surface area contributed by atoms with Crippen molar-refractivity contribution in [2.75, 3.05) is 4.90 Å². The van der Waals surface area contributed by atoms with Crippen LogP contribution in [0.25, 0.3) is 54.6 Å². The van der Waals surface area contributed by atoms with E-state index in [0.29, 0.717) is 0 Å². The molecule has 0 amide bonds. The fourth-order valence-corrected chi connectivity index (χ4v) is 8.56. The lowest BCUT2D eigenvalue weighted by atomic mass is 9.81. The number of hydrogen-bond donors (Lipinski definition) is 0. The molecule has 10 aromatic rings. The summed E-state index contributed by atoms with van der Waals surface area (Å²) in [6.07, 6.45) is 0. The van der Waals surface area contributed by atoms with Gasteiger partial charge in [0, 0.05) is 32.9 Å². The molecule has 0 N–H and O–H groups in total. The van der Waals surface area contributed by atoms with Gasteiger partial charge < -0.3 is 9.32 Å². The zero-order valence-corrected chi connectivity index (χ0v) is 33.8. The van der Waals surface area contributed by atoms with Gasteiger partial charge in [-0.15, -0.1) is 0 Å². The standard InChI is InChI=1S/C36H29N.C13H10O.C7H8/c1-24-17-20-31-32(21-24)36(2,3)33-23-34(29-15-9-10-16-30(29)35(31)33)37(27-13-5-4-6-14-27)28-19-18-25-11-7-8-12-26(25)22-28;1-9-6-7-13-11(8-9)10-4-2-3-5-12(10)14-13;1-7-5-3-2-4-6-7/h4-23H,1-3H3;2-8H,1H3;2-6H,1H3. The molecule has 11 rings (SSSR count). The lowest BCUT2D eigenvalue weighted by Gasteiger charge is -2.30. The predicted octanol–water partition coefficient (Wildman–Crippen LogP) is 16.0. The molecule has 9 aromatic carbocycles. The third-order valence-electron chi connectivity index (χ3n) is 11.5. The van der Waals surface area contributed by atoms with Gasteiger partial charge in [-0.2, -0.15) is 0 Å². The Morgan fingerprint density at radius 1 is 0.397 bits per heavy atom. The summed E-state index contributed by atoms with van der Waals surface area (Å²) in [5, 5.41) is 7.49. The van der Waals surface area contributed by atoms with Crippen molar-refractivity contribution in [1.82, 2.24) is 0 Å². The quantitative estimate of drug-likeness (QED) is 0.179. The van der Waals surface area contributed by atoms with Crippen LogP contribution in [0.1, 0.15) is 41.7 Å². The minimum absolute atomic E-state index is 0.0821. The van der Waals surface area contributed by atoms with Crippen LogP contribution in [0.5, 0.6) is 0 Å². The molecule has 0 bridgehead atoms. The minimum Gasteiger partial charge on any atom is -0.456 e. The highest BCUT2D eigenvalue weighted by atomic mass is 16.3. The summed E-state index contributed by atoms with van der Waals surface area (Å²) in [5.74, 6) is 0. The van der Waals surface area contributed by atoms with Crippen LogP contribution in [0, 0.1) is 20.8 Å². The molecule has 2 nitrogen and oxygen atoms in total. The van der Waals surface area contributed by atoms with Gasteiger partial charge in [0.15, 0.2) is 0 Å². The smallest absolute Gasteiger partial charge is 0.135 e. The van der Waals surface area contributed by atoms with Crippen LogP contribution < -0.4 is 4.90 Å². The zero-order valence-electron chi connectivity index (χ0n) is 33.8. The third kappa shape index (κ3) is 6.82. The van der Waals surface area contributed by atoms with E-state index in [2.05, 4.69) is 191 Å². The van der Waals surface area contributed by atoms with E-state index in [1.807, 2.05) is 42.5 Å². The van der Waals surface area contributed by atoms with E-state index in [1.165, 1.54) is 82.6 Å². The van der Waals surface area contributed by atoms with Gasteiger partial charge in [0.25, 0.3) is 0 Å². The number of fused-ring (bicyclic) bond motifs is 9. The van der Waals surface area contributed by atoms with Crippen LogP contribution in [-0.2, 0) is 5.41 Å². The maximum absolute atomic E-state index is 5.71. The average Bonchev–Trinajstić information content (AvgIpc) is 3.73. The van der Waals surface area contributed by atoms with Crippen molar-refractivity contribution in [2.45, 2.75) is 40.0 Å². The predicted molar refractivity (Wildman–Crippen MR) is 248 cm³/mol. The van der Waals surface area contributed by atoms with Gasteiger partial charge >= 0.3 is 0 Å². The first kappa shape index (κ1) is 36.7. The first-order valence-electron chi connectivity index (χ1n) is 20.2. The second-order valence-electron chi connectivity index (χ2n) is 16.0. The number of anilines is 3. The molecule has 0 saturated carbocycles. The normalized spacial score (nSPS) is 12.4. The van der Waals surface area contributed by atoms with Crippen LogP contribution in [0.15, 0.2) is 199 Å². The van der Waals surface area contributed by atoms with E-state index in [4.69, 9.17) is 4.42 Å². The molecule has 0 unspecified atom stereocenters. The fraction of sp³-hybridized carbons (Fsp3) is 0.107. The van der Waals surface area contributed by atoms with Crippen molar-refractivity contribution in [3.05, 3.63) is 222 Å². The lowest BCUT2D eigenvalue weighted by molar-refractivity contribution is 0.660. The van der Waals surface area contributed by atoms with Crippen LogP contribution in [0.4, 0.5) is 17.1 Å². The number of nitrogens with zero attached hydrogens (tertiary/aromatic N) is 1. The van der Waals surface area contributed by atoms with Gasteiger partial charge in [-0.1, -0.05) is 176 Å². The fourth-order valence-electron chi connectivity index (χ4n) is 8.56. The lowest BCUT2D eigenvalue weighted by Crippen LogP contribution is -2.17. The van der Waals surface area contributed by atoms with Crippen molar-refractivity contribution < 1.29 is 4.42 Å². The van der Waals surface area contributed by atoms with E-state index in [1.54, 1.807) is 0 Å². The summed E-state index contributed by atoms with van der Waals surface area (Å²) in [6.45, 7) is 11.1. The molecule has 1 aromatic heterocycles. The molecule has 1 aliphatic rings. The molecule has 0 saturated heterocycles. The number of hydrogen-bond acceptors (Lipinski definition) is 2.